The van der Waals surface area contributed by atoms with Gasteiger partial charge in [0.25, 0.3) is 0 Å². The van der Waals surface area contributed by atoms with Gasteiger partial charge in [0, 0.05) is 11.5 Å². The normalized spacial score (nSPS) is 12.7. The molecule has 0 aliphatic rings. The van der Waals surface area contributed by atoms with Crippen molar-refractivity contribution >= 4 is 15.9 Å². The van der Waals surface area contributed by atoms with Gasteiger partial charge < -0.3 is 9.88 Å². The molecule has 5 heteroatoms. The summed E-state index contributed by atoms with van der Waals surface area (Å²) in [6.45, 7) is 0. The number of hydrogen-bond donors (Lipinski definition) is 1. The summed E-state index contributed by atoms with van der Waals surface area (Å²) in [5.74, 6) is 0.903. The van der Waals surface area contributed by atoms with Crippen molar-refractivity contribution in [1.29, 1.82) is 0 Å². The number of rotatable bonds is 3. The molecule has 2 rings (SSSR count). The van der Waals surface area contributed by atoms with E-state index < -0.39 is 0 Å². The second-order valence-electron chi connectivity index (χ2n) is 3.58. The predicted molar refractivity (Wildman–Crippen MR) is 66.0 cm³/mol. The van der Waals surface area contributed by atoms with Crippen molar-refractivity contribution in [2.24, 2.45) is 7.05 Å². The highest BCUT2D eigenvalue weighted by Crippen LogP contribution is 2.22. The highest BCUT2D eigenvalue weighted by molar-refractivity contribution is 9.10. The van der Waals surface area contributed by atoms with Crippen molar-refractivity contribution in [3.05, 3.63) is 46.5 Å². The first-order chi connectivity index (χ1) is 7.72. The summed E-state index contributed by atoms with van der Waals surface area (Å²) in [6, 6.07) is 8.23. The zero-order valence-electron chi connectivity index (χ0n) is 9.18. The van der Waals surface area contributed by atoms with Crippen molar-refractivity contribution in [3.8, 4) is 0 Å². The van der Waals surface area contributed by atoms with Crippen molar-refractivity contribution in [1.82, 2.24) is 20.1 Å². The van der Waals surface area contributed by atoms with E-state index >= 15 is 0 Å². The molecule has 1 aromatic carbocycles. The van der Waals surface area contributed by atoms with E-state index in [2.05, 4.69) is 43.6 Å². The smallest absolute Gasteiger partial charge is 0.154 e. The Bertz CT molecular complexity index is 480. The van der Waals surface area contributed by atoms with E-state index in [1.165, 1.54) is 0 Å². The number of aromatic nitrogens is 3. The van der Waals surface area contributed by atoms with Crippen LogP contribution in [0.25, 0.3) is 0 Å². The average Bonchev–Trinajstić information content (AvgIpc) is 2.67. The Morgan fingerprint density at radius 2 is 2.25 bits per heavy atom. The van der Waals surface area contributed by atoms with Crippen LogP contribution in [-0.4, -0.2) is 21.8 Å². The summed E-state index contributed by atoms with van der Waals surface area (Å²) < 4.78 is 2.98. The molecule has 84 valence electrons. The SMILES string of the molecule is CNC(c1cccc(Br)c1)c1nncn1C. The van der Waals surface area contributed by atoms with Gasteiger partial charge in [-0.25, -0.2) is 0 Å². The summed E-state index contributed by atoms with van der Waals surface area (Å²) >= 11 is 3.47. The first-order valence-electron chi connectivity index (χ1n) is 4.99. The molecule has 1 aromatic heterocycles. The second-order valence-corrected chi connectivity index (χ2v) is 4.49. The van der Waals surface area contributed by atoms with Gasteiger partial charge in [-0.2, -0.15) is 0 Å². The number of benzene rings is 1. The zero-order valence-corrected chi connectivity index (χ0v) is 10.8. The predicted octanol–water partition coefficient (Wildman–Crippen LogP) is 1.89. The molecule has 0 aliphatic heterocycles. The molecule has 0 spiro atoms. The third kappa shape index (κ3) is 2.15. The molecule has 0 saturated carbocycles. The molecule has 0 radical (unpaired) electrons. The van der Waals surface area contributed by atoms with Crippen LogP contribution in [0.1, 0.15) is 17.4 Å². The first kappa shape index (κ1) is 11.3. The maximum absolute atomic E-state index is 4.13. The van der Waals surface area contributed by atoms with E-state index in [9.17, 15) is 0 Å². The Morgan fingerprint density at radius 1 is 1.44 bits per heavy atom. The van der Waals surface area contributed by atoms with Crippen LogP contribution in [0.2, 0.25) is 0 Å². The molecular formula is C11H13BrN4. The van der Waals surface area contributed by atoms with Gasteiger partial charge in [0.2, 0.25) is 0 Å². The fourth-order valence-corrected chi connectivity index (χ4v) is 2.10. The molecule has 0 amide bonds. The Morgan fingerprint density at radius 3 is 2.81 bits per heavy atom. The Hall–Kier alpha value is -1.20. The zero-order chi connectivity index (χ0) is 11.5. The molecule has 0 saturated heterocycles. The fourth-order valence-electron chi connectivity index (χ4n) is 1.68. The highest BCUT2D eigenvalue weighted by Gasteiger charge is 2.16. The number of hydrogen-bond acceptors (Lipinski definition) is 3. The van der Waals surface area contributed by atoms with Crippen LogP contribution in [0.15, 0.2) is 35.1 Å². The van der Waals surface area contributed by atoms with Gasteiger partial charge in [0.1, 0.15) is 6.33 Å². The van der Waals surface area contributed by atoms with Crippen molar-refractivity contribution in [2.45, 2.75) is 6.04 Å². The highest BCUT2D eigenvalue weighted by atomic mass is 79.9. The molecule has 1 atom stereocenters. The summed E-state index contributed by atoms with van der Waals surface area (Å²) in [5, 5.41) is 11.3. The summed E-state index contributed by atoms with van der Waals surface area (Å²) in [7, 11) is 3.86. The molecule has 1 N–H and O–H groups in total. The quantitative estimate of drug-likeness (QED) is 0.934. The molecule has 2 aromatic rings. The average molecular weight is 281 g/mol. The van der Waals surface area contributed by atoms with E-state index in [-0.39, 0.29) is 6.04 Å². The molecule has 1 heterocycles. The second kappa shape index (κ2) is 4.76. The summed E-state index contributed by atoms with van der Waals surface area (Å²) in [6.07, 6.45) is 1.71. The third-order valence-corrected chi connectivity index (χ3v) is 2.97. The molecule has 0 aliphatic carbocycles. The molecule has 4 nitrogen and oxygen atoms in total. The Balaban J connectivity index is 2.40. The molecule has 0 bridgehead atoms. The van der Waals surface area contributed by atoms with Crippen LogP contribution >= 0.6 is 15.9 Å². The van der Waals surface area contributed by atoms with Gasteiger partial charge in [-0.3, -0.25) is 0 Å². The largest absolute Gasteiger partial charge is 0.319 e. The lowest BCUT2D eigenvalue weighted by atomic mass is 10.1. The van der Waals surface area contributed by atoms with Gasteiger partial charge in [-0.15, -0.1) is 10.2 Å². The minimum Gasteiger partial charge on any atom is -0.319 e. The minimum absolute atomic E-state index is 0.0602. The van der Waals surface area contributed by atoms with Gasteiger partial charge in [0.05, 0.1) is 6.04 Å². The molecule has 16 heavy (non-hydrogen) atoms. The lowest BCUT2D eigenvalue weighted by Gasteiger charge is -2.15. The van der Waals surface area contributed by atoms with E-state index in [0.29, 0.717) is 0 Å². The van der Waals surface area contributed by atoms with Gasteiger partial charge in [0.15, 0.2) is 5.82 Å². The van der Waals surface area contributed by atoms with Crippen LogP contribution < -0.4 is 5.32 Å². The van der Waals surface area contributed by atoms with Crippen LogP contribution in [0.4, 0.5) is 0 Å². The van der Waals surface area contributed by atoms with Crippen LogP contribution in [0.5, 0.6) is 0 Å². The van der Waals surface area contributed by atoms with Crippen LogP contribution in [0.3, 0.4) is 0 Å². The van der Waals surface area contributed by atoms with E-state index in [1.807, 2.05) is 30.8 Å². The minimum atomic E-state index is 0.0602. The monoisotopic (exact) mass is 280 g/mol. The number of aryl methyl sites for hydroxylation is 1. The first-order valence-corrected chi connectivity index (χ1v) is 5.78. The maximum atomic E-state index is 4.13. The van der Waals surface area contributed by atoms with E-state index in [0.717, 1.165) is 15.9 Å². The standard InChI is InChI=1S/C11H13BrN4/c1-13-10(11-15-14-7-16(11)2)8-4-3-5-9(12)6-8/h3-7,10,13H,1-2H3. The molecule has 1 unspecified atom stereocenters. The van der Waals surface area contributed by atoms with Crippen molar-refractivity contribution in [2.75, 3.05) is 7.05 Å². The fraction of sp³-hybridized carbons (Fsp3) is 0.273. The molecular weight excluding hydrogens is 268 g/mol. The van der Waals surface area contributed by atoms with Crippen molar-refractivity contribution in [3.63, 3.8) is 0 Å². The summed E-state index contributed by atoms with van der Waals surface area (Å²) in [4.78, 5) is 0. The Labute approximate surface area is 103 Å². The number of halogens is 1. The topological polar surface area (TPSA) is 42.7 Å². The van der Waals surface area contributed by atoms with Crippen LogP contribution in [-0.2, 0) is 7.05 Å². The Kier molecular flexibility index (Phi) is 3.36. The van der Waals surface area contributed by atoms with Gasteiger partial charge >= 0.3 is 0 Å². The lowest BCUT2D eigenvalue weighted by Crippen LogP contribution is -2.21. The third-order valence-electron chi connectivity index (χ3n) is 2.48. The van der Waals surface area contributed by atoms with Gasteiger partial charge in [-0.1, -0.05) is 28.1 Å². The van der Waals surface area contributed by atoms with E-state index in [4.69, 9.17) is 0 Å². The number of nitrogens with zero attached hydrogens (tertiary/aromatic N) is 3. The maximum Gasteiger partial charge on any atom is 0.154 e. The lowest BCUT2D eigenvalue weighted by molar-refractivity contribution is 0.615. The van der Waals surface area contributed by atoms with Gasteiger partial charge in [-0.05, 0) is 24.7 Å². The van der Waals surface area contributed by atoms with Crippen molar-refractivity contribution < 1.29 is 0 Å². The van der Waals surface area contributed by atoms with E-state index in [1.54, 1.807) is 6.33 Å². The van der Waals surface area contributed by atoms with Crippen LogP contribution in [0, 0.1) is 0 Å². The molecule has 0 fully saturated rings. The summed E-state index contributed by atoms with van der Waals surface area (Å²) in [5.41, 5.74) is 1.16. The number of nitrogens with one attached hydrogen (secondary N) is 1.